The predicted molar refractivity (Wildman–Crippen MR) is 111 cm³/mol. The molecule has 28 heavy (non-hydrogen) atoms. The molecule has 7 heteroatoms. The van der Waals surface area contributed by atoms with Crippen LogP contribution in [0.5, 0.6) is 0 Å². The number of amides is 3. The van der Waals surface area contributed by atoms with E-state index in [4.69, 9.17) is 0 Å². The molecule has 0 aliphatic heterocycles. The van der Waals surface area contributed by atoms with Crippen molar-refractivity contribution in [2.75, 3.05) is 37.4 Å². The van der Waals surface area contributed by atoms with Crippen molar-refractivity contribution in [2.45, 2.75) is 6.42 Å². The lowest BCUT2D eigenvalue weighted by molar-refractivity contribution is -0.116. The molecule has 2 aromatic carbocycles. The Kier molecular flexibility index (Phi) is 8.02. The first-order chi connectivity index (χ1) is 13.4. The number of carbonyl (C=O) groups is 2. The molecular weight excluding hydrogens is 359 g/mol. The van der Waals surface area contributed by atoms with Crippen LogP contribution < -0.4 is 20.9 Å². The van der Waals surface area contributed by atoms with E-state index in [9.17, 15) is 14.0 Å². The summed E-state index contributed by atoms with van der Waals surface area (Å²) in [6.07, 6.45) is 3.49. The number of urea groups is 1. The lowest BCUT2D eigenvalue weighted by atomic mass is 10.2. The van der Waals surface area contributed by atoms with Gasteiger partial charge in [-0.3, -0.25) is 4.79 Å². The van der Waals surface area contributed by atoms with Crippen LogP contribution in [0.3, 0.4) is 0 Å². The van der Waals surface area contributed by atoms with Gasteiger partial charge in [0.25, 0.3) is 0 Å². The summed E-state index contributed by atoms with van der Waals surface area (Å²) in [6.45, 7) is 0.847. The molecule has 0 radical (unpaired) electrons. The van der Waals surface area contributed by atoms with Crippen LogP contribution in [0.4, 0.5) is 20.6 Å². The van der Waals surface area contributed by atoms with E-state index in [0.717, 1.165) is 5.69 Å². The maximum Gasteiger partial charge on any atom is 0.319 e. The molecule has 148 valence electrons. The minimum atomic E-state index is -0.347. The van der Waals surface area contributed by atoms with Gasteiger partial charge in [-0.1, -0.05) is 12.1 Å². The van der Waals surface area contributed by atoms with E-state index in [1.807, 2.05) is 43.3 Å². The standard InChI is InChI=1S/C21H25FN4O2/c1-26(2)19-10-8-18(9-11-19)25-21(28)24-14-4-13-23-20(27)12-7-16-5-3-6-17(22)15-16/h3,5-12,15H,4,13-14H2,1-2H3,(H,23,27)(H2,24,25,28)/b12-7+. The van der Waals surface area contributed by atoms with Gasteiger partial charge in [-0.25, -0.2) is 9.18 Å². The van der Waals surface area contributed by atoms with E-state index in [2.05, 4.69) is 16.0 Å². The van der Waals surface area contributed by atoms with Crippen LogP contribution in [0.25, 0.3) is 6.08 Å². The molecule has 2 rings (SSSR count). The topological polar surface area (TPSA) is 73.5 Å². The van der Waals surface area contributed by atoms with Gasteiger partial charge >= 0.3 is 6.03 Å². The minimum absolute atomic E-state index is 0.269. The highest BCUT2D eigenvalue weighted by Crippen LogP contribution is 2.15. The Labute approximate surface area is 164 Å². The van der Waals surface area contributed by atoms with Crippen molar-refractivity contribution >= 4 is 29.4 Å². The Morgan fingerprint density at radius 1 is 1.04 bits per heavy atom. The molecule has 0 aliphatic carbocycles. The van der Waals surface area contributed by atoms with Gasteiger partial charge in [-0.15, -0.1) is 0 Å². The average Bonchev–Trinajstić information content (AvgIpc) is 2.66. The van der Waals surface area contributed by atoms with E-state index in [-0.39, 0.29) is 17.8 Å². The summed E-state index contributed by atoms with van der Waals surface area (Å²) in [4.78, 5) is 25.6. The summed E-state index contributed by atoms with van der Waals surface area (Å²) >= 11 is 0. The van der Waals surface area contributed by atoms with Crippen molar-refractivity contribution in [1.82, 2.24) is 10.6 Å². The molecule has 0 bridgehead atoms. The zero-order valence-corrected chi connectivity index (χ0v) is 16.0. The average molecular weight is 384 g/mol. The number of benzene rings is 2. The Hall–Kier alpha value is -3.35. The number of hydrogen-bond donors (Lipinski definition) is 3. The molecule has 0 unspecified atom stereocenters. The minimum Gasteiger partial charge on any atom is -0.378 e. The van der Waals surface area contributed by atoms with Gasteiger partial charge in [0.05, 0.1) is 0 Å². The normalized spacial score (nSPS) is 10.5. The fourth-order valence-corrected chi connectivity index (χ4v) is 2.36. The highest BCUT2D eigenvalue weighted by molar-refractivity contribution is 5.91. The molecular formula is C21H25FN4O2. The molecule has 0 saturated carbocycles. The number of anilines is 2. The van der Waals surface area contributed by atoms with Crippen LogP contribution in [0, 0.1) is 5.82 Å². The van der Waals surface area contributed by atoms with Gasteiger partial charge in [-0.05, 0) is 54.5 Å². The van der Waals surface area contributed by atoms with Crippen molar-refractivity contribution in [3.8, 4) is 0 Å². The first-order valence-electron chi connectivity index (χ1n) is 8.98. The van der Waals surface area contributed by atoms with E-state index < -0.39 is 0 Å². The third kappa shape index (κ3) is 7.49. The summed E-state index contributed by atoms with van der Waals surface area (Å²) in [7, 11) is 3.90. The third-order valence-electron chi connectivity index (χ3n) is 3.86. The molecule has 0 atom stereocenters. The second kappa shape index (κ2) is 10.7. The first-order valence-corrected chi connectivity index (χ1v) is 8.98. The number of halogens is 1. The Morgan fingerprint density at radius 3 is 2.43 bits per heavy atom. The van der Waals surface area contributed by atoms with Crippen LogP contribution in [0.2, 0.25) is 0 Å². The third-order valence-corrected chi connectivity index (χ3v) is 3.86. The molecule has 2 aromatic rings. The highest BCUT2D eigenvalue weighted by atomic mass is 19.1. The van der Waals surface area contributed by atoms with E-state index in [0.29, 0.717) is 30.8 Å². The Morgan fingerprint density at radius 2 is 1.75 bits per heavy atom. The van der Waals surface area contributed by atoms with Gasteiger partial charge in [0, 0.05) is 44.6 Å². The summed E-state index contributed by atoms with van der Waals surface area (Å²) < 4.78 is 13.1. The predicted octanol–water partition coefficient (Wildman–Crippen LogP) is 3.23. The number of carbonyl (C=O) groups excluding carboxylic acids is 2. The maximum absolute atomic E-state index is 13.1. The first kappa shape index (κ1) is 21.0. The van der Waals surface area contributed by atoms with Crippen LogP contribution in [0.1, 0.15) is 12.0 Å². The fraction of sp³-hybridized carbons (Fsp3) is 0.238. The molecule has 0 heterocycles. The number of nitrogens with one attached hydrogen (secondary N) is 3. The molecule has 0 aliphatic rings. The second-order valence-electron chi connectivity index (χ2n) is 6.36. The monoisotopic (exact) mass is 384 g/mol. The van der Waals surface area contributed by atoms with Crippen molar-refractivity contribution in [3.63, 3.8) is 0 Å². The van der Waals surface area contributed by atoms with Crippen molar-refractivity contribution in [1.29, 1.82) is 0 Å². The SMILES string of the molecule is CN(C)c1ccc(NC(=O)NCCCNC(=O)/C=C/c2cccc(F)c2)cc1. The van der Waals surface area contributed by atoms with Crippen LogP contribution in [0.15, 0.2) is 54.6 Å². The van der Waals surface area contributed by atoms with Gasteiger partial charge in [0.1, 0.15) is 5.82 Å². The molecule has 0 saturated heterocycles. The lowest BCUT2D eigenvalue weighted by Crippen LogP contribution is -2.32. The lowest BCUT2D eigenvalue weighted by Gasteiger charge is -2.13. The number of rotatable bonds is 8. The van der Waals surface area contributed by atoms with Gasteiger partial charge in [0.15, 0.2) is 0 Å². The highest BCUT2D eigenvalue weighted by Gasteiger charge is 2.02. The fourth-order valence-electron chi connectivity index (χ4n) is 2.36. The largest absolute Gasteiger partial charge is 0.378 e. The van der Waals surface area contributed by atoms with Gasteiger partial charge < -0.3 is 20.9 Å². The Bertz CT molecular complexity index is 819. The van der Waals surface area contributed by atoms with E-state index >= 15 is 0 Å². The van der Waals surface area contributed by atoms with Gasteiger partial charge in [0.2, 0.25) is 5.91 Å². The zero-order chi connectivity index (χ0) is 20.4. The summed E-state index contributed by atoms with van der Waals surface area (Å²) in [5.41, 5.74) is 2.37. The van der Waals surface area contributed by atoms with Gasteiger partial charge in [-0.2, -0.15) is 0 Å². The summed E-state index contributed by atoms with van der Waals surface area (Å²) in [5.74, 6) is -0.616. The van der Waals surface area contributed by atoms with Crippen LogP contribution in [-0.2, 0) is 4.79 Å². The number of hydrogen-bond acceptors (Lipinski definition) is 3. The molecule has 0 spiro atoms. The molecule has 3 N–H and O–H groups in total. The molecule has 6 nitrogen and oxygen atoms in total. The maximum atomic E-state index is 13.1. The smallest absolute Gasteiger partial charge is 0.319 e. The van der Waals surface area contributed by atoms with Crippen molar-refractivity contribution < 1.29 is 14.0 Å². The molecule has 3 amide bonds. The van der Waals surface area contributed by atoms with E-state index in [1.165, 1.54) is 18.2 Å². The Balaban J connectivity index is 1.61. The second-order valence-corrected chi connectivity index (χ2v) is 6.36. The molecule has 0 fully saturated rings. The summed E-state index contributed by atoms with van der Waals surface area (Å²) in [5, 5.41) is 8.20. The number of nitrogens with zero attached hydrogens (tertiary/aromatic N) is 1. The van der Waals surface area contributed by atoms with E-state index in [1.54, 1.807) is 18.2 Å². The van der Waals surface area contributed by atoms with Crippen molar-refractivity contribution in [3.05, 3.63) is 66.0 Å². The van der Waals surface area contributed by atoms with Crippen LogP contribution in [-0.4, -0.2) is 39.1 Å². The zero-order valence-electron chi connectivity index (χ0n) is 16.0. The quantitative estimate of drug-likeness (QED) is 0.483. The van der Waals surface area contributed by atoms with Crippen LogP contribution >= 0.6 is 0 Å². The molecule has 0 aromatic heterocycles. The summed E-state index contributed by atoms with van der Waals surface area (Å²) in [6, 6.07) is 13.2. The van der Waals surface area contributed by atoms with Crippen molar-refractivity contribution in [2.24, 2.45) is 0 Å².